The van der Waals surface area contributed by atoms with Gasteiger partial charge in [-0.2, -0.15) is 0 Å². The van der Waals surface area contributed by atoms with E-state index in [4.69, 9.17) is 9.47 Å². The second-order valence-corrected chi connectivity index (χ2v) is 5.67. The van der Waals surface area contributed by atoms with Crippen molar-refractivity contribution in [1.82, 2.24) is 9.80 Å². The highest BCUT2D eigenvalue weighted by molar-refractivity contribution is 5.81. The van der Waals surface area contributed by atoms with E-state index >= 15 is 0 Å². The molecular formula is C14H24N2O4. The molecule has 0 aliphatic carbocycles. The first-order valence-corrected chi connectivity index (χ1v) is 7.29. The Hall–Kier alpha value is -1.14. The number of hydrogen-bond donors (Lipinski definition) is 0. The molecule has 0 aromatic rings. The van der Waals surface area contributed by atoms with Gasteiger partial charge in [0.15, 0.2) is 0 Å². The van der Waals surface area contributed by atoms with Crippen molar-refractivity contribution in [3.63, 3.8) is 0 Å². The fourth-order valence-corrected chi connectivity index (χ4v) is 2.87. The van der Waals surface area contributed by atoms with Crippen LogP contribution in [0.3, 0.4) is 0 Å². The number of amides is 1. The molecule has 0 aromatic carbocycles. The van der Waals surface area contributed by atoms with Crippen molar-refractivity contribution in [3.8, 4) is 0 Å². The van der Waals surface area contributed by atoms with E-state index in [1.165, 1.54) is 13.5 Å². The summed E-state index contributed by atoms with van der Waals surface area (Å²) in [5.41, 5.74) is 0. The minimum absolute atomic E-state index is 0.104. The van der Waals surface area contributed by atoms with Gasteiger partial charge in [-0.15, -0.1) is 0 Å². The SMILES string of the molecule is COC(=O)C1COCCN1CC(=O)N1CCCC(C)C1. The number of carbonyl (C=O) groups is 2. The monoisotopic (exact) mass is 284 g/mol. The van der Waals surface area contributed by atoms with Crippen LogP contribution in [0.25, 0.3) is 0 Å². The number of morpholine rings is 1. The smallest absolute Gasteiger partial charge is 0.325 e. The summed E-state index contributed by atoms with van der Waals surface area (Å²) in [6, 6.07) is -0.458. The average molecular weight is 284 g/mol. The van der Waals surface area contributed by atoms with Gasteiger partial charge in [0.25, 0.3) is 0 Å². The van der Waals surface area contributed by atoms with Crippen molar-refractivity contribution >= 4 is 11.9 Å². The fourth-order valence-electron chi connectivity index (χ4n) is 2.87. The highest BCUT2D eigenvalue weighted by Crippen LogP contribution is 2.16. The number of esters is 1. The maximum absolute atomic E-state index is 12.4. The van der Waals surface area contributed by atoms with E-state index in [1.807, 2.05) is 9.80 Å². The summed E-state index contributed by atoms with van der Waals surface area (Å²) in [5.74, 6) is 0.339. The number of piperidine rings is 1. The molecular weight excluding hydrogens is 260 g/mol. The van der Waals surface area contributed by atoms with Gasteiger partial charge >= 0.3 is 5.97 Å². The van der Waals surface area contributed by atoms with Crippen molar-refractivity contribution in [2.24, 2.45) is 5.92 Å². The Morgan fingerprint density at radius 1 is 1.35 bits per heavy atom. The van der Waals surface area contributed by atoms with Crippen LogP contribution in [-0.2, 0) is 19.1 Å². The molecule has 114 valence electrons. The summed E-state index contributed by atoms with van der Waals surface area (Å²) in [7, 11) is 1.36. The molecule has 0 aromatic heterocycles. The van der Waals surface area contributed by atoms with Crippen LogP contribution in [-0.4, -0.2) is 74.2 Å². The van der Waals surface area contributed by atoms with Crippen molar-refractivity contribution in [2.75, 3.05) is 46.5 Å². The summed E-state index contributed by atoms with van der Waals surface area (Å²) in [6.07, 6.45) is 2.25. The molecule has 0 N–H and O–H groups in total. The van der Waals surface area contributed by atoms with Crippen LogP contribution in [0.15, 0.2) is 0 Å². The van der Waals surface area contributed by atoms with Gasteiger partial charge in [0, 0.05) is 19.6 Å². The molecule has 2 fully saturated rings. The number of hydrogen-bond acceptors (Lipinski definition) is 5. The van der Waals surface area contributed by atoms with Crippen molar-refractivity contribution < 1.29 is 19.1 Å². The number of carbonyl (C=O) groups excluding carboxylic acids is 2. The lowest BCUT2D eigenvalue weighted by molar-refractivity contribution is -0.155. The predicted molar refractivity (Wildman–Crippen MR) is 73.2 cm³/mol. The second kappa shape index (κ2) is 7.04. The minimum atomic E-state index is -0.458. The van der Waals surface area contributed by atoms with E-state index in [0.29, 0.717) is 25.7 Å². The molecule has 20 heavy (non-hydrogen) atoms. The number of ether oxygens (including phenoxy) is 2. The zero-order valence-corrected chi connectivity index (χ0v) is 12.3. The van der Waals surface area contributed by atoms with Gasteiger partial charge < -0.3 is 14.4 Å². The van der Waals surface area contributed by atoms with E-state index in [2.05, 4.69) is 6.92 Å². The molecule has 6 heteroatoms. The quantitative estimate of drug-likeness (QED) is 0.689. The van der Waals surface area contributed by atoms with Crippen LogP contribution in [0.1, 0.15) is 19.8 Å². The summed E-state index contributed by atoms with van der Waals surface area (Å²) >= 11 is 0. The molecule has 0 saturated carbocycles. The Labute approximate surface area is 120 Å². The van der Waals surface area contributed by atoms with E-state index < -0.39 is 6.04 Å². The normalized spacial score (nSPS) is 28.2. The van der Waals surface area contributed by atoms with E-state index in [1.54, 1.807) is 0 Å². The molecule has 2 rings (SSSR count). The van der Waals surface area contributed by atoms with E-state index in [0.717, 1.165) is 19.5 Å². The number of methoxy groups -OCH3 is 1. The van der Waals surface area contributed by atoms with Crippen molar-refractivity contribution in [1.29, 1.82) is 0 Å². The molecule has 0 bridgehead atoms. The Morgan fingerprint density at radius 3 is 2.85 bits per heavy atom. The van der Waals surface area contributed by atoms with Gasteiger partial charge in [-0.3, -0.25) is 14.5 Å². The lowest BCUT2D eigenvalue weighted by Gasteiger charge is -2.36. The standard InChI is InChI=1S/C14H24N2O4/c1-11-4-3-5-16(8-11)13(17)9-15-6-7-20-10-12(15)14(18)19-2/h11-12H,3-10H2,1-2H3. The van der Waals surface area contributed by atoms with Crippen LogP contribution >= 0.6 is 0 Å². The molecule has 2 aliphatic heterocycles. The Morgan fingerprint density at radius 2 is 2.15 bits per heavy atom. The van der Waals surface area contributed by atoms with Crippen LogP contribution in [0.5, 0.6) is 0 Å². The third-order valence-electron chi connectivity index (χ3n) is 4.06. The van der Waals surface area contributed by atoms with Gasteiger partial charge in [0.05, 0.1) is 26.9 Å². The molecule has 2 atom stereocenters. The Kier molecular flexibility index (Phi) is 5.37. The van der Waals surface area contributed by atoms with E-state index in [9.17, 15) is 9.59 Å². The zero-order valence-electron chi connectivity index (χ0n) is 12.3. The van der Waals surface area contributed by atoms with Crippen molar-refractivity contribution in [3.05, 3.63) is 0 Å². The maximum Gasteiger partial charge on any atom is 0.325 e. The minimum Gasteiger partial charge on any atom is -0.468 e. The third-order valence-corrected chi connectivity index (χ3v) is 4.06. The van der Waals surface area contributed by atoms with Crippen LogP contribution in [0.4, 0.5) is 0 Å². The summed E-state index contributed by atoms with van der Waals surface area (Å²) < 4.78 is 10.1. The predicted octanol–water partition coefficient (Wildman–Crippen LogP) is 0.119. The van der Waals surface area contributed by atoms with E-state index in [-0.39, 0.29) is 18.4 Å². The van der Waals surface area contributed by atoms with Gasteiger partial charge in [0.1, 0.15) is 6.04 Å². The molecule has 2 saturated heterocycles. The van der Waals surface area contributed by atoms with Gasteiger partial charge in [-0.05, 0) is 18.8 Å². The number of nitrogens with zero attached hydrogens (tertiary/aromatic N) is 2. The molecule has 6 nitrogen and oxygen atoms in total. The van der Waals surface area contributed by atoms with Gasteiger partial charge in [-0.1, -0.05) is 6.92 Å². The molecule has 2 aliphatic rings. The average Bonchev–Trinajstić information content (AvgIpc) is 2.47. The maximum atomic E-state index is 12.4. The largest absolute Gasteiger partial charge is 0.468 e. The first-order valence-electron chi connectivity index (χ1n) is 7.29. The van der Waals surface area contributed by atoms with Crippen LogP contribution < -0.4 is 0 Å². The fraction of sp³-hybridized carbons (Fsp3) is 0.857. The molecule has 1 amide bonds. The number of rotatable bonds is 3. The second-order valence-electron chi connectivity index (χ2n) is 5.67. The van der Waals surface area contributed by atoms with Gasteiger partial charge in [-0.25, -0.2) is 0 Å². The zero-order chi connectivity index (χ0) is 14.5. The topological polar surface area (TPSA) is 59.1 Å². The molecule has 0 spiro atoms. The van der Waals surface area contributed by atoms with Crippen LogP contribution in [0, 0.1) is 5.92 Å². The molecule has 2 heterocycles. The third kappa shape index (κ3) is 3.70. The molecule has 0 radical (unpaired) electrons. The first-order chi connectivity index (χ1) is 9.61. The highest BCUT2D eigenvalue weighted by Gasteiger charge is 2.33. The van der Waals surface area contributed by atoms with Gasteiger partial charge in [0.2, 0.25) is 5.91 Å². The summed E-state index contributed by atoms with van der Waals surface area (Å²) in [6.45, 7) is 5.55. The lowest BCUT2D eigenvalue weighted by Crippen LogP contribution is -2.54. The lowest BCUT2D eigenvalue weighted by atomic mass is 10.0. The molecule has 2 unspecified atom stereocenters. The number of likely N-dealkylation sites (tertiary alicyclic amines) is 1. The van der Waals surface area contributed by atoms with Crippen molar-refractivity contribution in [2.45, 2.75) is 25.8 Å². The summed E-state index contributed by atoms with van der Waals surface area (Å²) in [4.78, 5) is 27.9. The van der Waals surface area contributed by atoms with Crippen LogP contribution in [0.2, 0.25) is 0 Å². The highest BCUT2D eigenvalue weighted by atomic mass is 16.5. The Bertz CT molecular complexity index is 361. The first kappa shape index (κ1) is 15.3. The summed E-state index contributed by atoms with van der Waals surface area (Å²) in [5, 5.41) is 0. The Balaban J connectivity index is 1.92.